The summed E-state index contributed by atoms with van der Waals surface area (Å²) in [5, 5.41) is 16.5. The number of nitro groups is 1. The highest BCUT2D eigenvalue weighted by Gasteiger charge is 2.17. The van der Waals surface area contributed by atoms with Crippen molar-refractivity contribution in [1.29, 1.82) is 0 Å². The molecule has 0 aromatic heterocycles. The molecule has 9 nitrogen and oxygen atoms in total. The number of ether oxygens (including phenoxy) is 1. The summed E-state index contributed by atoms with van der Waals surface area (Å²) in [6.07, 6.45) is 1.29. The lowest BCUT2D eigenvalue weighted by Gasteiger charge is -2.08. The van der Waals surface area contributed by atoms with Crippen molar-refractivity contribution in [2.45, 2.75) is 0 Å². The Balaban J connectivity index is 3.19. The summed E-state index contributed by atoms with van der Waals surface area (Å²) in [6.45, 7) is 0. The average Bonchev–Trinajstić information content (AvgIpc) is 2.56. The van der Waals surface area contributed by atoms with Gasteiger partial charge < -0.3 is 24.5 Å². The molecular formula is C12H15B2N3O6. The number of nitrogens with one attached hydrogen (secondary N) is 2. The van der Waals surface area contributed by atoms with Crippen molar-refractivity contribution >= 4 is 38.7 Å². The van der Waals surface area contributed by atoms with Crippen molar-refractivity contribution in [2.75, 3.05) is 26.6 Å². The molecular weight excluding hydrogens is 304 g/mol. The molecule has 1 aromatic carbocycles. The van der Waals surface area contributed by atoms with Gasteiger partial charge in [-0.05, 0) is 18.2 Å². The number of rotatable bonds is 9. The Labute approximate surface area is 134 Å². The van der Waals surface area contributed by atoms with E-state index in [0.29, 0.717) is 5.69 Å². The van der Waals surface area contributed by atoms with Crippen LogP contribution in [0, 0.1) is 10.1 Å². The van der Waals surface area contributed by atoms with Gasteiger partial charge in [-0.3, -0.25) is 10.1 Å². The summed E-state index contributed by atoms with van der Waals surface area (Å²) in [4.78, 5) is 22.3. The van der Waals surface area contributed by atoms with Gasteiger partial charge in [-0.15, -0.1) is 0 Å². The van der Waals surface area contributed by atoms with Crippen LogP contribution in [-0.4, -0.2) is 47.5 Å². The third-order valence-corrected chi connectivity index (χ3v) is 2.61. The van der Waals surface area contributed by atoms with E-state index in [4.69, 9.17) is 9.31 Å². The second kappa shape index (κ2) is 9.49. The van der Waals surface area contributed by atoms with Crippen LogP contribution in [0.15, 0.2) is 23.9 Å². The number of benzene rings is 1. The van der Waals surface area contributed by atoms with Crippen molar-refractivity contribution in [3.63, 3.8) is 0 Å². The summed E-state index contributed by atoms with van der Waals surface area (Å²) >= 11 is 0. The predicted molar refractivity (Wildman–Crippen MR) is 85.4 cm³/mol. The van der Waals surface area contributed by atoms with Gasteiger partial charge in [0, 0.05) is 26.0 Å². The third-order valence-electron chi connectivity index (χ3n) is 2.61. The molecule has 0 spiro atoms. The largest absolute Gasteiger partial charge is 0.464 e. The van der Waals surface area contributed by atoms with E-state index < -0.39 is 10.9 Å². The third kappa shape index (κ3) is 5.64. The maximum atomic E-state index is 11.7. The Kier molecular flexibility index (Phi) is 7.64. The number of methoxy groups -OCH3 is 1. The van der Waals surface area contributed by atoms with Crippen LogP contribution in [0.1, 0.15) is 5.56 Å². The van der Waals surface area contributed by atoms with Crippen molar-refractivity contribution < 1.29 is 23.8 Å². The highest BCUT2D eigenvalue weighted by atomic mass is 16.6. The van der Waals surface area contributed by atoms with Gasteiger partial charge in [0.1, 0.15) is 5.70 Å². The van der Waals surface area contributed by atoms with Gasteiger partial charge in [-0.2, -0.15) is 0 Å². The molecule has 0 aliphatic carbocycles. The fourth-order valence-electron chi connectivity index (χ4n) is 1.59. The van der Waals surface area contributed by atoms with Crippen molar-refractivity contribution in [1.82, 2.24) is 5.23 Å². The summed E-state index contributed by atoms with van der Waals surface area (Å²) in [7, 11) is 6.46. The number of nitro benzene ring substituents is 1. The second-order valence-electron chi connectivity index (χ2n) is 4.08. The minimum absolute atomic E-state index is 0.0124. The highest BCUT2D eigenvalue weighted by Crippen LogP contribution is 2.25. The van der Waals surface area contributed by atoms with E-state index in [9.17, 15) is 14.9 Å². The molecule has 0 saturated heterocycles. The maximum Gasteiger partial charge on any atom is 0.436 e. The van der Waals surface area contributed by atoms with E-state index in [0.717, 1.165) is 7.62 Å². The number of nitrogens with zero attached hydrogens (tertiary/aromatic N) is 1. The highest BCUT2D eigenvalue weighted by molar-refractivity contribution is 6.32. The molecule has 0 fully saturated rings. The molecule has 0 saturated carbocycles. The zero-order valence-corrected chi connectivity index (χ0v) is 12.9. The second-order valence-corrected chi connectivity index (χ2v) is 4.08. The minimum atomic E-state index is -0.692. The number of anilines is 1. The summed E-state index contributed by atoms with van der Waals surface area (Å²) in [5.74, 6) is -0.692. The molecule has 0 aliphatic rings. The molecule has 0 aliphatic heterocycles. The van der Waals surface area contributed by atoms with E-state index in [1.165, 1.54) is 47.2 Å². The normalized spacial score (nSPS) is 10.7. The van der Waals surface area contributed by atoms with Crippen molar-refractivity contribution in [3.05, 3.63) is 39.6 Å². The van der Waals surface area contributed by atoms with Crippen LogP contribution in [0.4, 0.5) is 11.4 Å². The molecule has 23 heavy (non-hydrogen) atoms. The monoisotopic (exact) mass is 319 g/mol. The molecule has 0 heterocycles. The minimum Gasteiger partial charge on any atom is -0.464 e. The van der Waals surface area contributed by atoms with Crippen LogP contribution < -0.4 is 10.5 Å². The number of carbonyl (C=O) groups is 1. The first-order valence-corrected chi connectivity index (χ1v) is 6.34. The lowest BCUT2D eigenvalue weighted by atomic mass is 10.1. The standard InChI is InChI=1S/C12H15B2N3O6/c1-21-12(18)10(16-14-23-3)6-8-4-5-9(15-13-22-2)7-11(8)17(19)20/h4-7,15-16H,1-3H3/b10-6-. The van der Waals surface area contributed by atoms with E-state index in [1.807, 2.05) is 0 Å². The number of hydrogen-bond acceptors (Lipinski definition) is 8. The quantitative estimate of drug-likeness (QED) is 0.222. The Morgan fingerprint density at radius 1 is 1.26 bits per heavy atom. The van der Waals surface area contributed by atoms with E-state index in [2.05, 4.69) is 15.2 Å². The molecule has 0 unspecified atom stereocenters. The van der Waals surface area contributed by atoms with Gasteiger partial charge in [0.2, 0.25) is 0 Å². The van der Waals surface area contributed by atoms with Crippen LogP contribution in [0.5, 0.6) is 0 Å². The van der Waals surface area contributed by atoms with E-state index >= 15 is 0 Å². The van der Waals surface area contributed by atoms with Crippen molar-refractivity contribution in [2.24, 2.45) is 0 Å². The smallest absolute Gasteiger partial charge is 0.436 e. The van der Waals surface area contributed by atoms with Gasteiger partial charge in [-0.25, -0.2) is 4.79 Å². The first-order chi connectivity index (χ1) is 11.0. The zero-order valence-electron chi connectivity index (χ0n) is 12.9. The van der Waals surface area contributed by atoms with Gasteiger partial charge in [-0.1, -0.05) is 0 Å². The molecule has 1 aromatic rings. The summed E-state index contributed by atoms with van der Waals surface area (Å²) in [5.41, 5.74) is 0.476. The molecule has 0 amide bonds. The molecule has 2 N–H and O–H groups in total. The van der Waals surface area contributed by atoms with E-state index in [-0.39, 0.29) is 16.9 Å². The number of carbonyl (C=O) groups excluding carboxylic acids is 1. The topological polar surface area (TPSA) is 112 Å². The lowest BCUT2D eigenvalue weighted by molar-refractivity contribution is -0.385. The van der Waals surface area contributed by atoms with Crippen LogP contribution in [0.3, 0.4) is 0 Å². The summed E-state index contributed by atoms with van der Waals surface area (Å²) in [6, 6.07) is 4.40. The van der Waals surface area contributed by atoms with E-state index in [1.54, 1.807) is 6.07 Å². The molecule has 0 bridgehead atoms. The SMILES string of the molecule is CO[B]N/C(=C\c1ccc(N[B]OC)cc1[N+](=O)[O-])C(=O)OC. The Bertz CT molecular complexity index is 596. The van der Waals surface area contributed by atoms with Gasteiger partial charge in [0.05, 0.1) is 17.6 Å². The first kappa shape index (κ1) is 18.5. The maximum absolute atomic E-state index is 11.7. The van der Waals surface area contributed by atoms with Gasteiger partial charge in [0.15, 0.2) is 0 Å². The zero-order chi connectivity index (χ0) is 17.2. The van der Waals surface area contributed by atoms with Crippen LogP contribution >= 0.6 is 0 Å². The van der Waals surface area contributed by atoms with Gasteiger partial charge >= 0.3 is 21.2 Å². The van der Waals surface area contributed by atoms with Gasteiger partial charge in [0.25, 0.3) is 5.69 Å². The average molecular weight is 319 g/mol. The Hall–Kier alpha value is -2.52. The summed E-state index contributed by atoms with van der Waals surface area (Å²) < 4.78 is 14.0. The predicted octanol–water partition coefficient (Wildman–Crippen LogP) is 0.471. The van der Waals surface area contributed by atoms with Crippen molar-refractivity contribution in [3.8, 4) is 0 Å². The van der Waals surface area contributed by atoms with Crippen LogP contribution in [-0.2, 0) is 18.8 Å². The molecule has 2 radical (unpaired) electrons. The molecule has 120 valence electrons. The fraction of sp³-hybridized carbons (Fsp3) is 0.250. The molecule has 11 heteroatoms. The number of esters is 1. The fourth-order valence-corrected chi connectivity index (χ4v) is 1.59. The Morgan fingerprint density at radius 2 is 1.96 bits per heavy atom. The van der Waals surface area contributed by atoms with Crippen LogP contribution in [0.2, 0.25) is 0 Å². The molecule has 1 rings (SSSR count). The first-order valence-electron chi connectivity index (χ1n) is 6.34. The van der Waals surface area contributed by atoms with Crippen LogP contribution in [0.25, 0.3) is 6.08 Å². The Morgan fingerprint density at radius 3 is 2.52 bits per heavy atom. The number of hydrogen-bond donors (Lipinski definition) is 2. The molecule has 0 atom stereocenters. The lowest BCUT2D eigenvalue weighted by Crippen LogP contribution is -2.26.